The molecule has 0 amide bonds. The molecule has 0 saturated heterocycles. The first-order chi connectivity index (χ1) is 15.2. The van der Waals surface area contributed by atoms with E-state index in [0.29, 0.717) is 17.1 Å². The number of carbonyl (C=O) groups is 1. The molecule has 0 spiro atoms. The van der Waals surface area contributed by atoms with Gasteiger partial charge in [0.15, 0.2) is 9.84 Å². The molecule has 0 saturated carbocycles. The van der Waals surface area contributed by atoms with Gasteiger partial charge in [0, 0.05) is 23.7 Å². The SMILES string of the molecule is CCCCC1(CC)CN(c2ccccc2)c2cc(SC)c(OCC(=O)[O-])cc2S(=O)(=O)C1.[NH4+]. The normalized spacial score (nSPS) is 19.2. The predicted molar refractivity (Wildman–Crippen MR) is 132 cm³/mol. The summed E-state index contributed by atoms with van der Waals surface area (Å²) < 4.78 is 32.8. The van der Waals surface area contributed by atoms with Crippen LogP contribution in [0.4, 0.5) is 11.4 Å². The van der Waals surface area contributed by atoms with Gasteiger partial charge in [0.1, 0.15) is 12.4 Å². The predicted octanol–water partition coefficient (Wildman–Crippen LogP) is 4.43. The topological polar surface area (TPSA) is 123 Å². The standard InChI is InChI=1S/C24H31NO5S2.H3N/c1-4-6-12-24(5-2)16-25(18-10-8-7-9-11-18)19-13-21(31-3)20(30-15-23(26)27)14-22(19)32(28,29)17-24;/h7-11,13-14H,4-6,12,15-17H2,1-3H3,(H,26,27);1H3. The number of thioether (sulfide) groups is 1. The maximum absolute atomic E-state index is 13.7. The maximum Gasteiger partial charge on any atom is 0.181 e. The number of carbonyl (C=O) groups excluding carboxylic acids is 1. The van der Waals surface area contributed by atoms with Crippen molar-refractivity contribution in [3.8, 4) is 5.75 Å². The van der Waals surface area contributed by atoms with E-state index in [2.05, 4.69) is 18.7 Å². The Kier molecular flexibility index (Phi) is 9.22. The van der Waals surface area contributed by atoms with E-state index in [9.17, 15) is 18.3 Å². The number of hydrogen-bond acceptors (Lipinski definition) is 7. The lowest BCUT2D eigenvalue weighted by atomic mass is 9.81. The first-order valence-electron chi connectivity index (χ1n) is 10.9. The smallest absolute Gasteiger partial charge is 0.181 e. The molecule has 1 heterocycles. The quantitative estimate of drug-likeness (QED) is 0.512. The number of para-hydroxylation sites is 1. The van der Waals surface area contributed by atoms with Crippen LogP contribution in [-0.4, -0.2) is 39.5 Å². The highest BCUT2D eigenvalue weighted by molar-refractivity contribution is 7.98. The molecule has 182 valence electrons. The van der Waals surface area contributed by atoms with Gasteiger partial charge in [0.05, 0.1) is 27.2 Å². The number of quaternary nitrogens is 1. The van der Waals surface area contributed by atoms with Gasteiger partial charge in [-0.2, -0.15) is 0 Å². The van der Waals surface area contributed by atoms with Crippen LogP contribution in [0.25, 0.3) is 0 Å². The van der Waals surface area contributed by atoms with E-state index >= 15 is 0 Å². The summed E-state index contributed by atoms with van der Waals surface area (Å²) in [6.07, 6.45) is 5.37. The number of rotatable bonds is 9. The molecule has 0 aliphatic carbocycles. The molecule has 0 radical (unpaired) electrons. The number of fused-ring (bicyclic) bond motifs is 1. The molecule has 1 aliphatic rings. The van der Waals surface area contributed by atoms with Gasteiger partial charge in [-0.25, -0.2) is 8.42 Å². The minimum atomic E-state index is -3.65. The molecule has 1 atom stereocenters. The van der Waals surface area contributed by atoms with Crippen LogP contribution in [0.15, 0.2) is 52.3 Å². The number of anilines is 2. The van der Waals surface area contributed by atoms with Crippen molar-refractivity contribution in [2.45, 2.75) is 49.3 Å². The van der Waals surface area contributed by atoms with Gasteiger partial charge in [-0.15, -0.1) is 11.8 Å². The van der Waals surface area contributed by atoms with Crippen LogP contribution in [0.3, 0.4) is 0 Å². The molecule has 33 heavy (non-hydrogen) atoms. The van der Waals surface area contributed by atoms with E-state index in [-0.39, 0.29) is 22.5 Å². The van der Waals surface area contributed by atoms with E-state index in [1.807, 2.05) is 36.6 Å². The van der Waals surface area contributed by atoms with E-state index in [1.165, 1.54) is 17.8 Å². The van der Waals surface area contributed by atoms with Crippen LogP contribution < -0.4 is 20.9 Å². The molecule has 2 aromatic carbocycles. The lowest BCUT2D eigenvalue weighted by Crippen LogP contribution is -2.37. The van der Waals surface area contributed by atoms with Crippen LogP contribution >= 0.6 is 11.8 Å². The van der Waals surface area contributed by atoms with E-state index < -0.39 is 27.8 Å². The average Bonchev–Trinajstić information content (AvgIpc) is 2.88. The van der Waals surface area contributed by atoms with Crippen LogP contribution in [0.1, 0.15) is 39.5 Å². The highest BCUT2D eigenvalue weighted by atomic mass is 32.2. The summed E-state index contributed by atoms with van der Waals surface area (Å²) in [5, 5.41) is 10.9. The molecule has 9 heteroatoms. The molecule has 4 N–H and O–H groups in total. The van der Waals surface area contributed by atoms with Gasteiger partial charge < -0.3 is 25.7 Å². The second-order valence-electron chi connectivity index (χ2n) is 8.27. The Labute approximate surface area is 201 Å². The Morgan fingerprint density at radius 2 is 1.91 bits per heavy atom. The highest BCUT2D eigenvalue weighted by Crippen LogP contribution is 2.47. The lowest BCUT2D eigenvalue weighted by Gasteiger charge is -2.36. The first-order valence-corrected chi connectivity index (χ1v) is 13.7. The van der Waals surface area contributed by atoms with E-state index in [0.717, 1.165) is 31.4 Å². The Morgan fingerprint density at radius 3 is 2.48 bits per heavy atom. The molecule has 3 rings (SSSR count). The summed E-state index contributed by atoms with van der Waals surface area (Å²) in [6, 6.07) is 13.1. The van der Waals surface area contributed by atoms with Crippen LogP contribution in [0.5, 0.6) is 5.75 Å². The van der Waals surface area contributed by atoms with Crippen LogP contribution in [-0.2, 0) is 14.6 Å². The zero-order valence-corrected chi connectivity index (χ0v) is 21.4. The fraction of sp³-hybridized carbons (Fsp3) is 0.458. The number of aliphatic carboxylic acids is 1. The molecular formula is C24H34N2O5S2. The molecule has 1 unspecified atom stereocenters. The Hall–Kier alpha value is -2.23. The van der Waals surface area contributed by atoms with Gasteiger partial charge in [-0.1, -0.05) is 44.9 Å². The number of nitrogens with zero attached hydrogens (tertiary/aromatic N) is 1. The number of carboxylic acids is 1. The summed E-state index contributed by atoms with van der Waals surface area (Å²) in [7, 11) is -3.65. The molecular weight excluding hydrogens is 460 g/mol. The van der Waals surface area contributed by atoms with Gasteiger partial charge >= 0.3 is 0 Å². The summed E-state index contributed by atoms with van der Waals surface area (Å²) in [6.45, 7) is 4.13. The molecule has 0 bridgehead atoms. The Bertz CT molecular complexity index is 1060. The number of ether oxygens (including phenoxy) is 1. The van der Waals surface area contributed by atoms with Gasteiger partial charge in [-0.3, -0.25) is 0 Å². The number of unbranched alkanes of at least 4 members (excludes halogenated alkanes) is 1. The molecule has 1 aliphatic heterocycles. The number of carboxylic acid groups (broad SMARTS) is 1. The van der Waals surface area contributed by atoms with E-state index in [1.54, 1.807) is 6.07 Å². The molecule has 0 fully saturated rings. The van der Waals surface area contributed by atoms with Crippen LogP contribution in [0.2, 0.25) is 0 Å². The number of benzene rings is 2. The Morgan fingerprint density at radius 1 is 1.21 bits per heavy atom. The first kappa shape index (κ1) is 27.0. The molecule has 0 aromatic heterocycles. The van der Waals surface area contributed by atoms with Crippen molar-refractivity contribution in [1.29, 1.82) is 0 Å². The zero-order chi connectivity index (χ0) is 23.4. The van der Waals surface area contributed by atoms with Crippen molar-refractivity contribution in [3.05, 3.63) is 42.5 Å². The fourth-order valence-corrected chi connectivity index (χ4v) is 7.00. The molecule has 2 aromatic rings. The molecule has 7 nitrogen and oxygen atoms in total. The fourth-order valence-electron chi connectivity index (χ4n) is 4.28. The largest absolute Gasteiger partial charge is 0.546 e. The monoisotopic (exact) mass is 494 g/mol. The number of hydrogen-bond donors (Lipinski definition) is 1. The highest BCUT2D eigenvalue weighted by Gasteiger charge is 2.41. The van der Waals surface area contributed by atoms with Crippen molar-refractivity contribution < 1.29 is 23.1 Å². The average molecular weight is 495 g/mol. The van der Waals surface area contributed by atoms with Crippen molar-refractivity contribution in [1.82, 2.24) is 6.15 Å². The summed E-state index contributed by atoms with van der Waals surface area (Å²) >= 11 is 1.38. The third kappa shape index (κ3) is 6.02. The lowest BCUT2D eigenvalue weighted by molar-refractivity contribution is -0.307. The van der Waals surface area contributed by atoms with Crippen molar-refractivity contribution >= 4 is 38.9 Å². The minimum Gasteiger partial charge on any atom is -0.546 e. The van der Waals surface area contributed by atoms with Gasteiger partial charge in [0.25, 0.3) is 0 Å². The Balaban J connectivity index is 0.00000385. The summed E-state index contributed by atoms with van der Waals surface area (Å²) in [5.41, 5.74) is 1.14. The number of sulfone groups is 1. The van der Waals surface area contributed by atoms with Crippen molar-refractivity contribution in [2.75, 3.05) is 30.1 Å². The third-order valence-electron chi connectivity index (χ3n) is 6.08. The van der Waals surface area contributed by atoms with Gasteiger partial charge in [0.2, 0.25) is 0 Å². The minimum absolute atomic E-state index is 0. The van der Waals surface area contributed by atoms with Crippen molar-refractivity contribution in [2.24, 2.45) is 5.41 Å². The third-order valence-corrected chi connectivity index (χ3v) is 8.83. The summed E-state index contributed by atoms with van der Waals surface area (Å²) in [5.74, 6) is -1.06. The zero-order valence-electron chi connectivity index (χ0n) is 19.8. The van der Waals surface area contributed by atoms with Crippen molar-refractivity contribution in [3.63, 3.8) is 0 Å². The second-order valence-corrected chi connectivity index (χ2v) is 11.1. The van der Waals surface area contributed by atoms with Gasteiger partial charge in [-0.05, 0) is 37.3 Å². The maximum atomic E-state index is 13.7. The van der Waals surface area contributed by atoms with Crippen LogP contribution in [0, 0.1) is 5.41 Å². The summed E-state index contributed by atoms with van der Waals surface area (Å²) in [4.78, 5) is 13.9. The second kappa shape index (κ2) is 11.3. The van der Waals surface area contributed by atoms with E-state index in [4.69, 9.17) is 4.74 Å².